The Morgan fingerprint density at radius 3 is 1.48 bits per heavy atom. The summed E-state index contributed by atoms with van der Waals surface area (Å²) in [7, 11) is 0. The summed E-state index contributed by atoms with van der Waals surface area (Å²) < 4.78 is 2.54. The lowest BCUT2D eigenvalue weighted by atomic mass is 9.74. The summed E-state index contributed by atoms with van der Waals surface area (Å²) in [6.07, 6.45) is 1.11. The maximum atomic E-state index is 2.54. The maximum absolute atomic E-state index is 2.54. The molecule has 12 aromatic rings. The molecule has 0 amide bonds. The highest BCUT2D eigenvalue weighted by molar-refractivity contribution is 6.29. The van der Waals surface area contributed by atoms with Crippen molar-refractivity contribution >= 4 is 103 Å². The third kappa shape index (κ3) is 5.43. The summed E-state index contributed by atoms with van der Waals surface area (Å²) in [6.45, 7) is 23.3. The van der Waals surface area contributed by atoms with E-state index in [-0.39, 0.29) is 10.8 Å². The van der Waals surface area contributed by atoms with E-state index in [9.17, 15) is 0 Å². The standard InChI is InChI=1S/C42H39N.C21H16/c1-24-25(2)43(40-33-20-18-27-13-11-12-26-16-17-28(22-34(24)40)37(33)36(26)27)29-19-21-32-35(23-29)39(42(6,7)8)31-15-10-9-14-30(31)38(32)41(3,4)5;1-12-10-19-17-9-8-15-5-3-4-14-6-7-16(21(17)20(14)15)11-18(19)13(12)2/h9-23H,1-8H3;3-9,11H,10H2,1-2H3. The third-order valence-electron chi connectivity index (χ3n) is 15.1. The molecule has 13 rings (SSSR count). The van der Waals surface area contributed by atoms with Crippen LogP contribution in [0.3, 0.4) is 0 Å². The van der Waals surface area contributed by atoms with Crippen molar-refractivity contribution in [3.05, 3.63) is 179 Å². The Kier molecular flexibility index (Phi) is 8.16. The first-order chi connectivity index (χ1) is 30.7. The minimum atomic E-state index is -0.0170. The van der Waals surface area contributed by atoms with Crippen molar-refractivity contribution in [2.45, 2.75) is 86.5 Å². The minimum absolute atomic E-state index is 0.00901. The van der Waals surface area contributed by atoms with Crippen molar-refractivity contribution in [1.82, 2.24) is 4.57 Å². The number of nitrogens with zero attached hydrogens (tertiary/aromatic N) is 1. The molecule has 0 aliphatic heterocycles. The number of hydrogen-bond acceptors (Lipinski definition) is 0. The largest absolute Gasteiger partial charge is 0.313 e. The van der Waals surface area contributed by atoms with E-state index in [2.05, 4.69) is 213 Å². The first-order valence-electron chi connectivity index (χ1n) is 23.2. The van der Waals surface area contributed by atoms with Crippen LogP contribution < -0.4 is 0 Å². The molecule has 1 heteroatoms. The molecule has 0 radical (unpaired) electrons. The van der Waals surface area contributed by atoms with Gasteiger partial charge in [-0.05, 0) is 183 Å². The van der Waals surface area contributed by atoms with Gasteiger partial charge in [-0.1, -0.05) is 162 Å². The molecule has 64 heavy (non-hydrogen) atoms. The van der Waals surface area contributed by atoms with E-state index in [1.54, 1.807) is 0 Å². The summed E-state index contributed by atoms with van der Waals surface area (Å²) in [4.78, 5) is 0. The van der Waals surface area contributed by atoms with Crippen LogP contribution in [-0.2, 0) is 17.3 Å². The molecule has 1 nitrogen and oxygen atoms in total. The Hall–Kier alpha value is -6.70. The molecule has 0 unspecified atom stereocenters. The molecule has 0 spiro atoms. The van der Waals surface area contributed by atoms with Crippen molar-refractivity contribution in [2.75, 3.05) is 0 Å². The van der Waals surface area contributed by atoms with Crippen LogP contribution in [0.1, 0.15) is 88.9 Å². The zero-order valence-electron chi connectivity index (χ0n) is 38.9. The Morgan fingerprint density at radius 1 is 0.406 bits per heavy atom. The lowest BCUT2D eigenvalue weighted by molar-refractivity contribution is 0.593. The molecule has 0 atom stereocenters. The molecule has 0 saturated heterocycles. The van der Waals surface area contributed by atoms with Gasteiger partial charge in [0.2, 0.25) is 0 Å². The number of hydrogen-bond donors (Lipinski definition) is 0. The van der Waals surface area contributed by atoms with Gasteiger partial charge in [-0.25, -0.2) is 0 Å². The topological polar surface area (TPSA) is 4.93 Å². The molecule has 0 N–H and O–H groups in total. The van der Waals surface area contributed by atoms with E-state index in [1.165, 1.54) is 147 Å². The molecular weight excluding hydrogens is 771 g/mol. The molecule has 1 aliphatic carbocycles. The Labute approximate surface area is 376 Å². The fourth-order valence-corrected chi connectivity index (χ4v) is 12.1. The van der Waals surface area contributed by atoms with E-state index >= 15 is 0 Å². The average Bonchev–Trinajstić information content (AvgIpc) is 3.71. The average molecular weight is 826 g/mol. The number of allylic oxidation sites excluding steroid dienone is 2. The molecule has 0 fully saturated rings. The van der Waals surface area contributed by atoms with Gasteiger partial charge in [0.05, 0.1) is 5.52 Å². The highest BCUT2D eigenvalue weighted by Gasteiger charge is 2.28. The van der Waals surface area contributed by atoms with Crippen LogP contribution in [0.4, 0.5) is 0 Å². The highest BCUT2D eigenvalue weighted by atomic mass is 15.0. The molecule has 1 aliphatic rings. The zero-order valence-corrected chi connectivity index (χ0v) is 38.9. The van der Waals surface area contributed by atoms with Crippen LogP contribution in [0.5, 0.6) is 0 Å². The maximum Gasteiger partial charge on any atom is 0.0613 e. The van der Waals surface area contributed by atoms with E-state index in [0.29, 0.717) is 0 Å². The first-order valence-corrected chi connectivity index (χ1v) is 23.2. The van der Waals surface area contributed by atoms with Gasteiger partial charge in [0, 0.05) is 22.2 Å². The quantitative estimate of drug-likeness (QED) is 0.115. The van der Waals surface area contributed by atoms with Crippen molar-refractivity contribution < 1.29 is 0 Å². The van der Waals surface area contributed by atoms with Gasteiger partial charge in [0.15, 0.2) is 0 Å². The normalized spacial score (nSPS) is 13.7. The Bertz CT molecular complexity index is 3930. The van der Waals surface area contributed by atoms with E-state index in [4.69, 9.17) is 0 Å². The fourth-order valence-electron chi connectivity index (χ4n) is 12.1. The molecule has 1 aromatic heterocycles. The second kappa shape index (κ2) is 13.4. The van der Waals surface area contributed by atoms with Crippen LogP contribution in [0, 0.1) is 13.8 Å². The number of aromatic nitrogens is 1. The van der Waals surface area contributed by atoms with Gasteiger partial charge in [0.25, 0.3) is 0 Å². The van der Waals surface area contributed by atoms with Crippen molar-refractivity contribution in [3.8, 4) is 5.69 Å². The summed E-state index contributed by atoms with van der Waals surface area (Å²) in [5, 5.41) is 23.2. The van der Waals surface area contributed by atoms with Gasteiger partial charge in [0.1, 0.15) is 0 Å². The summed E-state index contributed by atoms with van der Waals surface area (Å²) in [5.41, 5.74) is 14.0. The van der Waals surface area contributed by atoms with Crippen LogP contribution >= 0.6 is 0 Å². The second-order valence-electron chi connectivity index (χ2n) is 21.0. The smallest absolute Gasteiger partial charge is 0.0613 e. The summed E-state index contributed by atoms with van der Waals surface area (Å²) >= 11 is 0. The van der Waals surface area contributed by atoms with Crippen molar-refractivity contribution in [1.29, 1.82) is 0 Å². The molecule has 1 heterocycles. The predicted octanol–water partition coefficient (Wildman–Crippen LogP) is 18.0. The van der Waals surface area contributed by atoms with Crippen LogP contribution in [0.2, 0.25) is 0 Å². The lowest BCUT2D eigenvalue weighted by Gasteiger charge is -2.30. The highest BCUT2D eigenvalue weighted by Crippen LogP contribution is 2.47. The lowest BCUT2D eigenvalue weighted by Crippen LogP contribution is -2.17. The number of benzene rings is 11. The van der Waals surface area contributed by atoms with Gasteiger partial charge in [-0.3, -0.25) is 0 Å². The molecule has 0 saturated carbocycles. The van der Waals surface area contributed by atoms with Crippen molar-refractivity contribution in [3.63, 3.8) is 0 Å². The molecule has 312 valence electrons. The van der Waals surface area contributed by atoms with Gasteiger partial charge in [-0.2, -0.15) is 0 Å². The van der Waals surface area contributed by atoms with Crippen molar-refractivity contribution in [2.24, 2.45) is 0 Å². The number of rotatable bonds is 1. The Balaban J connectivity index is 0.000000171. The van der Waals surface area contributed by atoms with Crippen LogP contribution in [0.15, 0.2) is 145 Å². The van der Waals surface area contributed by atoms with Crippen LogP contribution in [0.25, 0.3) is 108 Å². The summed E-state index contributed by atoms with van der Waals surface area (Å²) in [5.74, 6) is 0. The molecular formula is C63H55N. The van der Waals surface area contributed by atoms with Crippen LogP contribution in [-0.4, -0.2) is 4.57 Å². The zero-order chi connectivity index (χ0) is 44.1. The fraction of sp³-hybridized carbons (Fsp3) is 0.206. The van der Waals surface area contributed by atoms with E-state index in [1.807, 2.05) is 0 Å². The third-order valence-corrected chi connectivity index (χ3v) is 15.1. The monoisotopic (exact) mass is 825 g/mol. The van der Waals surface area contributed by atoms with E-state index in [0.717, 1.165) is 6.42 Å². The minimum Gasteiger partial charge on any atom is -0.313 e. The molecule has 11 aromatic carbocycles. The van der Waals surface area contributed by atoms with E-state index < -0.39 is 0 Å². The summed E-state index contributed by atoms with van der Waals surface area (Å²) in [6, 6.07) is 52.8. The molecule has 0 bridgehead atoms. The SMILES string of the molecule is CC1=C(C)c2cc3ccc4cccc5ccc(c2C1)c3c45.Cc1c(C)n(-c2ccc3c(C(C)(C)C)c4ccccc4c(C(C)(C)C)c3c2)c2c1cc1ccc3cccc4ccc2c1c34. The first kappa shape index (κ1) is 38.9. The Morgan fingerprint density at radius 2 is 0.891 bits per heavy atom. The van der Waals surface area contributed by atoms with Gasteiger partial charge < -0.3 is 4.57 Å². The number of aryl methyl sites for hydroxylation is 1. The van der Waals surface area contributed by atoms with Gasteiger partial charge in [-0.15, -0.1) is 0 Å². The predicted molar refractivity (Wildman–Crippen MR) is 281 cm³/mol. The second-order valence-corrected chi connectivity index (χ2v) is 21.0. The van der Waals surface area contributed by atoms with Gasteiger partial charge >= 0.3 is 0 Å². The number of fused-ring (bicyclic) bond motifs is 6.